The van der Waals surface area contributed by atoms with E-state index in [1.165, 1.54) is 19.2 Å². The number of hydrogen-bond acceptors (Lipinski definition) is 5. The number of benzene rings is 2. The van der Waals surface area contributed by atoms with Gasteiger partial charge in [-0.25, -0.2) is 0 Å². The Morgan fingerprint density at radius 3 is 2.50 bits per heavy atom. The zero-order chi connectivity index (χ0) is 15.7. The number of Topliss-reactive ketones (excluding diaryl/α,β-unsaturated/α-hetero) is 1. The van der Waals surface area contributed by atoms with Crippen molar-refractivity contribution in [3.05, 3.63) is 47.5 Å². The number of rotatable bonds is 3. The van der Waals surface area contributed by atoms with E-state index >= 15 is 0 Å². The molecule has 1 heterocycles. The summed E-state index contributed by atoms with van der Waals surface area (Å²) in [4.78, 5) is 12.4. The van der Waals surface area contributed by atoms with Crippen molar-refractivity contribution in [2.45, 2.75) is 12.5 Å². The first kappa shape index (κ1) is 14.3. The molecule has 1 N–H and O–H groups in total. The fourth-order valence-corrected chi connectivity index (χ4v) is 2.57. The molecule has 1 unspecified atom stereocenters. The van der Waals surface area contributed by atoms with Crippen LogP contribution in [0.25, 0.3) is 0 Å². The SMILES string of the molecule is COc1ccc(C2CC(=O)c3c(OC)cc(O)cc3O2)cc1. The second kappa shape index (κ2) is 5.60. The van der Waals surface area contributed by atoms with E-state index in [0.717, 1.165) is 11.3 Å². The lowest BCUT2D eigenvalue weighted by atomic mass is 9.95. The van der Waals surface area contributed by atoms with Crippen LogP contribution >= 0.6 is 0 Å². The van der Waals surface area contributed by atoms with E-state index < -0.39 is 6.10 Å². The Hall–Kier alpha value is -2.69. The maximum atomic E-state index is 12.4. The van der Waals surface area contributed by atoms with Crippen molar-refractivity contribution in [3.63, 3.8) is 0 Å². The summed E-state index contributed by atoms with van der Waals surface area (Å²) in [6, 6.07) is 10.2. The van der Waals surface area contributed by atoms with Gasteiger partial charge >= 0.3 is 0 Å². The summed E-state index contributed by atoms with van der Waals surface area (Å²) >= 11 is 0. The Morgan fingerprint density at radius 2 is 1.86 bits per heavy atom. The van der Waals surface area contributed by atoms with Crippen LogP contribution in [0.2, 0.25) is 0 Å². The largest absolute Gasteiger partial charge is 0.508 e. The highest BCUT2D eigenvalue weighted by molar-refractivity contribution is 6.02. The number of aromatic hydroxyl groups is 1. The van der Waals surface area contributed by atoms with Gasteiger partial charge < -0.3 is 19.3 Å². The molecular weight excluding hydrogens is 284 g/mol. The van der Waals surface area contributed by atoms with E-state index in [-0.39, 0.29) is 18.0 Å². The number of ketones is 1. The number of methoxy groups -OCH3 is 2. The summed E-state index contributed by atoms with van der Waals surface area (Å²) < 4.78 is 16.2. The molecule has 0 aliphatic carbocycles. The Labute approximate surface area is 128 Å². The fraction of sp³-hybridized carbons (Fsp3) is 0.235. The summed E-state index contributed by atoms with van der Waals surface area (Å²) in [5.41, 5.74) is 1.26. The van der Waals surface area contributed by atoms with Crippen molar-refractivity contribution in [3.8, 4) is 23.0 Å². The van der Waals surface area contributed by atoms with Crippen molar-refractivity contribution in [1.82, 2.24) is 0 Å². The van der Waals surface area contributed by atoms with Crippen molar-refractivity contribution >= 4 is 5.78 Å². The van der Waals surface area contributed by atoms with Crippen LogP contribution in [0.5, 0.6) is 23.0 Å². The van der Waals surface area contributed by atoms with Gasteiger partial charge in [0, 0.05) is 12.1 Å². The van der Waals surface area contributed by atoms with Crippen LogP contribution in [0, 0.1) is 0 Å². The summed E-state index contributed by atoms with van der Waals surface area (Å²) in [6.07, 6.45) is -0.169. The second-order valence-corrected chi connectivity index (χ2v) is 5.03. The van der Waals surface area contributed by atoms with Crippen LogP contribution in [0.15, 0.2) is 36.4 Å². The predicted octanol–water partition coefficient (Wildman–Crippen LogP) is 3.12. The van der Waals surface area contributed by atoms with Crippen LogP contribution in [0.3, 0.4) is 0 Å². The number of carbonyl (C=O) groups is 1. The smallest absolute Gasteiger partial charge is 0.174 e. The van der Waals surface area contributed by atoms with Gasteiger partial charge in [-0.05, 0) is 17.7 Å². The van der Waals surface area contributed by atoms with Crippen molar-refractivity contribution in [1.29, 1.82) is 0 Å². The molecule has 22 heavy (non-hydrogen) atoms. The molecule has 2 aromatic rings. The summed E-state index contributed by atoms with van der Waals surface area (Å²) in [5.74, 6) is 1.34. The van der Waals surface area contributed by atoms with Gasteiger partial charge in [0.1, 0.15) is 34.7 Å². The Kier molecular flexibility index (Phi) is 3.63. The third-order valence-corrected chi connectivity index (χ3v) is 3.68. The van der Waals surface area contributed by atoms with Crippen LogP contribution < -0.4 is 14.2 Å². The van der Waals surface area contributed by atoms with Gasteiger partial charge in [-0.15, -0.1) is 0 Å². The normalized spacial score (nSPS) is 16.6. The lowest BCUT2D eigenvalue weighted by Crippen LogP contribution is -2.21. The van der Waals surface area contributed by atoms with Crippen LogP contribution in [0.1, 0.15) is 28.4 Å². The van der Waals surface area contributed by atoms with Gasteiger partial charge in [0.25, 0.3) is 0 Å². The van der Waals surface area contributed by atoms with E-state index in [0.29, 0.717) is 17.1 Å². The molecular formula is C17H16O5. The molecule has 0 radical (unpaired) electrons. The zero-order valence-corrected chi connectivity index (χ0v) is 12.3. The summed E-state index contributed by atoms with van der Waals surface area (Å²) in [5, 5.41) is 9.72. The van der Waals surface area contributed by atoms with Gasteiger partial charge in [0.05, 0.1) is 20.6 Å². The minimum atomic E-state index is -0.391. The van der Waals surface area contributed by atoms with Gasteiger partial charge in [0.2, 0.25) is 0 Å². The van der Waals surface area contributed by atoms with E-state index in [2.05, 4.69) is 0 Å². The topological polar surface area (TPSA) is 65.0 Å². The first-order valence-corrected chi connectivity index (χ1v) is 6.87. The molecule has 114 valence electrons. The van der Waals surface area contributed by atoms with Crippen molar-refractivity contribution in [2.75, 3.05) is 14.2 Å². The summed E-state index contributed by atoms with van der Waals surface area (Å²) in [7, 11) is 3.05. The Balaban J connectivity index is 1.96. The molecule has 0 saturated heterocycles. The standard InChI is InChI=1S/C17H16O5/c1-20-12-5-3-10(4-6-12)14-9-13(19)17-15(21-2)7-11(18)8-16(17)22-14/h3-8,14,18H,9H2,1-2H3. The minimum Gasteiger partial charge on any atom is -0.508 e. The molecule has 0 amide bonds. The van der Waals surface area contributed by atoms with E-state index in [1.54, 1.807) is 7.11 Å². The molecule has 1 atom stereocenters. The molecule has 1 aliphatic heterocycles. The number of hydrogen-bond donors (Lipinski definition) is 1. The van der Waals surface area contributed by atoms with Crippen molar-refractivity contribution < 1.29 is 24.1 Å². The molecule has 5 heteroatoms. The lowest BCUT2D eigenvalue weighted by molar-refractivity contribution is 0.0844. The molecule has 3 rings (SSSR count). The molecule has 0 bridgehead atoms. The third-order valence-electron chi connectivity index (χ3n) is 3.68. The van der Waals surface area contributed by atoms with Gasteiger partial charge in [0.15, 0.2) is 5.78 Å². The second-order valence-electron chi connectivity index (χ2n) is 5.03. The highest BCUT2D eigenvalue weighted by atomic mass is 16.5. The van der Waals surface area contributed by atoms with Crippen LogP contribution in [-0.4, -0.2) is 25.1 Å². The average Bonchev–Trinajstić information content (AvgIpc) is 2.53. The molecule has 1 aliphatic rings. The van der Waals surface area contributed by atoms with E-state index in [1.807, 2.05) is 24.3 Å². The quantitative estimate of drug-likeness (QED) is 0.943. The zero-order valence-electron chi connectivity index (χ0n) is 12.3. The third kappa shape index (κ3) is 2.45. The maximum absolute atomic E-state index is 12.4. The first-order valence-electron chi connectivity index (χ1n) is 6.87. The number of fused-ring (bicyclic) bond motifs is 1. The highest BCUT2D eigenvalue weighted by Crippen LogP contribution is 2.42. The Bertz CT molecular complexity index is 706. The average molecular weight is 300 g/mol. The molecule has 0 saturated carbocycles. The number of ether oxygens (including phenoxy) is 3. The predicted molar refractivity (Wildman–Crippen MR) is 80.0 cm³/mol. The first-order chi connectivity index (χ1) is 10.6. The molecule has 0 spiro atoms. The van der Waals surface area contributed by atoms with Gasteiger partial charge in [-0.2, -0.15) is 0 Å². The van der Waals surface area contributed by atoms with Crippen LogP contribution in [-0.2, 0) is 0 Å². The summed E-state index contributed by atoms with van der Waals surface area (Å²) in [6.45, 7) is 0. The molecule has 0 aromatic heterocycles. The molecule has 2 aromatic carbocycles. The van der Waals surface area contributed by atoms with E-state index in [9.17, 15) is 9.90 Å². The maximum Gasteiger partial charge on any atom is 0.174 e. The molecule has 0 fully saturated rings. The highest BCUT2D eigenvalue weighted by Gasteiger charge is 2.31. The fourth-order valence-electron chi connectivity index (χ4n) is 2.57. The van der Waals surface area contributed by atoms with Gasteiger partial charge in [-0.3, -0.25) is 4.79 Å². The van der Waals surface area contributed by atoms with Crippen molar-refractivity contribution in [2.24, 2.45) is 0 Å². The lowest BCUT2D eigenvalue weighted by Gasteiger charge is -2.26. The monoisotopic (exact) mass is 300 g/mol. The Morgan fingerprint density at radius 1 is 1.14 bits per heavy atom. The molecule has 5 nitrogen and oxygen atoms in total. The van der Waals surface area contributed by atoms with Gasteiger partial charge in [-0.1, -0.05) is 12.1 Å². The number of phenols is 1. The van der Waals surface area contributed by atoms with Crippen LogP contribution in [0.4, 0.5) is 0 Å². The minimum absolute atomic E-state index is 0.00113. The number of phenolic OH excluding ortho intramolecular Hbond substituents is 1. The number of carbonyl (C=O) groups excluding carboxylic acids is 1. The van der Waals surface area contributed by atoms with E-state index in [4.69, 9.17) is 14.2 Å².